The van der Waals surface area contributed by atoms with E-state index in [0.717, 1.165) is 26.1 Å². The van der Waals surface area contributed by atoms with Gasteiger partial charge in [-0.3, -0.25) is 4.79 Å². The number of hydrogen-bond donors (Lipinski definition) is 1. The molecule has 1 heterocycles. The Hall–Kier alpha value is -1.35. The Morgan fingerprint density at radius 1 is 1.44 bits per heavy atom. The van der Waals surface area contributed by atoms with Gasteiger partial charge in [0.1, 0.15) is 12.5 Å². The van der Waals surface area contributed by atoms with Crippen molar-refractivity contribution < 1.29 is 14.4 Å². The Morgan fingerprint density at radius 3 is 2.88 bits per heavy atom. The minimum Gasteiger partial charge on any atom is -0.469 e. The molecule has 2 rings (SSSR count). The third-order valence-electron chi connectivity index (χ3n) is 3.21. The second kappa shape index (κ2) is 5.12. The van der Waals surface area contributed by atoms with E-state index in [4.69, 9.17) is 4.74 Å². The third kappa shape index (κ3) is 2.61. The topological polar surface area (TPSA) is 30.7 Å². The molecule has 0 saturated carbocycles. The summed E-state index contributed by atoms with van der Waals surface area (Å²) in [5.74, 6) is 0.0479. The van der Waals surface area contributed by atoms with Gasteiger partial charge in [-0.25, -0.2) is 0 Å². The average molecular weight is 220 g/mol. The molecule has 0 aliphatic carbocycles. The molecule has 86 valence electrons. The van der Waals surface area contributed by atoms with Crippen LogP contribution in [0.3, 0.4) is 0 Å². The van der Waals surface area contributed by atoms with Gasteiger partial charge in [0.15, 0.2) is 0 Å². The molecule has 1 unspecified atom stereocenters. The standard InChI is InChI=1S/C13H17NO2/c1-16-13(15)12-7-8-14(10-12)9-11-5-3-2-4-6-11/h2-6,12H,7-10H2,1H3/p+1/t12-/m1/s1. The van der Waals surface area contributed by atoms with Crippen LogP contribution in [-0.2, 0) is 16.1 Å². The van der Waals surface area contributed by atoms with Crippen molar-refractivity contribution in [1.29, 1.82) is 0 Å². The summed E-state index contributed by atoms with van der Waals surface area (Å²) < 4.78 is 4.78. The number of esters is 1. The zero-order valence-electron chi connectivity index (χ0n) is 9.61. The summed E-state index contributed by atoms with van der Waals surface area (Å²) >= 11 is 0. The molecule has 0 radical (unpaired) electrons. The van der Waals surface area contributed by atoms with Gasteiger partial charge >= 0.3 is 5.97 Å². The number of quaternary nitrogens is 1. The van der Waals surface area contributed by atoms with Gasteiger partial charge in [0.25, 0.3) is 0 Å². The molecule has 1 aromatic rings. The Labute approximate surface area is 96.0 Å². The number of rotatable bonds is 3. The summed E-state index contributed by atoms with van der Waals surface area (Å²) in [6, 6.07) is 10.4. The van der Waals surface area contributed by atoms with Crippen molar-refractivity contribution >= 4 is 5.97 Å². The zero-order chi connectivity index (χ0) is 11.4. The summed E-state index contributed by atoms with van der Waals surface area (Å²) in [6.07, 6.45) is 0.953. The maximum absolute atomic E-state index is 11.4. The van der Waals surface area contributed by atoms with Crippen LogP contribution in [-0.4, -0.2) is 26.2 Å². The van der Waals surface area contributed by atoms with Crippen LogP contribution in [0.1, 0.15) is 12.0 Å². The minimum absolute atomic E-state index is 0.0527. The highest BCUT2D eigenvalue weighted by Gasteiger charge is 2.32. The number of carbonyl (C=O) groups excluding carboxylic acids is 1. The summed E-state index contributed by atoms with van der Waals surface area (Å²) in [5.41, 5.74) is 1.34. The van der Waals surface area contributed by atoms with Crippen LogP contribution in [0.4, 0.5) is 0 Å². The van der Waals surface area contributed by atoms with E-state index in [1.165, 1.54) is 17.6 Å². The van der Waals surface area contributed by atoms with E-state index in [1.807, 2.05) is 6.07 Å². The monoisotopic (exact) mass is 220 g/mol. The zero-order valence-corrected chi connectivity index (χ0v) is 9.61. The van der Waals surface area contributed by atoms with Gasteiger partial charge in [-0.1, -0.05) is 30.3 Å². The van der Waals surface area contributed by atoms with Gasteiger partial charge in [0.2, 0.25) is 0 Å². The highest BCUT2D eigenvalue weighted by molar-refractivity contribution is 5.72. The molecule has 0 bridgehead atoms. The van der Waals surface area contributed by atoms with E-state index in [0.29, 0.717) is 0 Å². The molecule has 1 aliphatic heterocycles. The summed E-state index contributed by atoms with van der Waals surface area (Å²) in [6.45, 7) is 2.98. The number of nitrogens with one attached hydrogen (secondary N) is 1. The number of likely N-dealkylation sites (tertiary alicyclic amines) is 1. The molecule has 1 N–H and O–H groups in total. The first-order chi connectivity index (χ1) is 7.79. The highest BCUT2D eigenvalue weighted by Crippen LogP contribution is 2.07. The predicted molar refractivity (Wildman–Crippen MR) is 61.0 cm³/mol. The second-order valence-corrected chi connectivity index (χ2v) is 4.38. The fourth-order valence-electron chi connectivity index (χ4n) is 2.34. The fourth-order valence-corrected chi connectivity index (χ4v) is 2.34. The smallest absolute Gasteiger partial charge is 0.314 e. The largest absolute Gasteiger partial charge is 0.469 e. The number of methoxy groups -OCH3 is 1. The quantitative estimate of drug-likeness (QED) is 0.741. The van der Waals surface area contributed by atoms with Crippen LogP contribution >= 0.6 is 0 Å². The Bertz CT molecular complexity index is 350. The molecule has 1 aromatic carbocycles. The van der Waals surface area contributed by atoms with Crippen molar-refractivity contribution in [1.82, 2.24) is 0 Å². The average Bonchev–Trinajstić information content (AvgIpc) is 2.78. The summed E-state index contributed by atoms with van der Waals surface area (Å²) in [5, 5.41) is 0. The first kappa shape index (κ1) is 11.1. The molecular weight excluding hydrogens is 202 g/mol. The van der Waals surface area contributed by atoms with Crippen molar-refractivity contribution in [2.45, 2.75) is 13.0 Å². The molecule has 16 heavy (non-hydrogen) atoms. The van der Waals surface area contributed by atoms with Crippen LogP contribution < -0.4 is 4.90 Å². The van der Waals surface area contributed by atoms with E-state index >= 15 is 0 Å². The molecule has 1 aliphatic rings. The van der Waals surface area contributed by atoms with Gasteiger partial charge in [0, 0.05) is 12.0 Å². The van der Waals surface area contributed by atoms with Crippen molar-refractivity contribution in [3.8, 4) is 0 Å². The number of carbonyl (C=O) groups is 1. The van der Waals surface area contributed by atoms with Crippen molar-refractivity contribution in [2.75, 3.05) is 20.2 Å². The summed E-state index contributed by atoms with van der Waals surface area (Å²) in [4.78, 5) is 12.9. The van der Waals surface area contributed by atoms with Crippen molar-refractivity contribution in [3.05, 3.63) is 35.9 Å². The maximum atomic E-state index is 11.4. The lowest BCUT2D eigenvalue weighted by atomic mass is 10.1. The lowest BCUT2D eigenvalue weighted by Gasteiger charge is -2.12. The molecule has 1 saturated heterocycles. The lowest BCUT2D eigenvalue weighted by molar-refractivity contribution is -0.902. The van der Waals surface area contributed by atoms with Gasteiger partial charge < -0.3 is 9.64 Å². The fraction of sp³-hybridized carbons (Fsp3) is 0.462. The number of ether oxygens (including phenoxy) is 1. The Kier molecular flexibility index (Phi) is 3.57. The minimum atomic E-state index is -0.0527. The molecule has 1 fully saturated rings. The highest BCUT2D eigenvalue weighted by atomic mass is 16.5. The predicted octanol–water partition coefficient (Wildman–Crippen LogP) is 0.264. The van der Waals surface area contributed by atoms with Gasteiger partial charge in [-0.05, 0) is 0 Å². The van der Waals surface area contributed by atoms with Gasteiger partial charge in [-0.15, -0.1) is 0 Å². The van der Waals surface area contributed by atoms with E-state index in [-0.39, 0.29) is 11.9 Å². The number of hydrogen-bond acceptors (Lipinski definition) is 2. The molecule has 0 aromatic heterocycles. The van der Waals surface area contributed by atoms with Crippen molar-refractivity contribution in [2.24, 2.45) is 5.92 Å². The normalized spacial score (nSPS) is 24.3. The van der Waals surface area contributed by atoms with Crippen LogP contribution in [0.15, 0.2) is 30.3 Å². The number of benzene rings is 1. The van der Waals surface area contributed by atoms with Crippen LogP contribution in [0, 0.1) is 5.92 Å². The van der Waals surface area contributed by atoms with E-state index < -0.39 is 0 Å². The van der Waals surface area contributed by atoms with E-state index in [1.54, 1.807) is 0 Å². The SMILES string of the molecule is COC(=O)[C@@H]1CC[NH+](Cc2ccccc2)C1. The molecule has 3 nitrogen and oxygen atoms in total. The molecule has 0 amide bonds. The van der Waals surface area contributed by atoms with Gasteiger partial charge in [-0.2, -0.15) is 0 Å². The third-order valence-corrected chi connectivity index (χ3v) is 3.21. The van der Waals surface area contributed by atoms with Gasteiger partial charge in [0.05, 0.1) is 20.2 Å². The lowest BCUT2D eigenvalue weighted by Crippen LogP contribution is -3.09. The molecular formula is C13H18NO2+. The first-order valence-corrected chi connectivity index (χ1v) is 5.75. The molecule has 3 heteroatoms. The summed E-state index contributed by atoms with van der Waals surface area (Å²) in [7, 11) is 1.47. The first-order valence-electron chi connectivity index (χ1n) is 5.75. The second-order valence-electron chi connectivity index (χ2n) is 4.38. The van der Waals surface area contributed by atoms with E-state index in [9.17, 15) is 4.79 Å². The van der Waals surface area contributed by atoms with Crippen LogP contribution in [0.25, 0.3) is 0 Å². The maximum Gasteiger partial charge on any atom is 0.314 e. The molecule has 0 spiro atoms. The van der Waals surface area contributed by atoms with Crippen molar-refractivity contribution in [3.63, 3.8) is 0 Å². The Balaban J connectivity index is 1.88. The van der Waals surface area contributed by atoms with Crippen LogP contribution in [0.2, 0.25) is 0 Å². The molecule has 2 atom stereocenters. The Morgan fingerprint density at radius 2 is 2.19 bits per heavy atom. The van der Waals surface area contributed by atoms with Crippen LogP contribution in [0.5, 0.6) is 0 Å². The van der Waals surface area contributed by atoms with E-state index in [2.05, 4.69) is 24.3 Å².